The number of carbonyl (C=O) groups excluding carboxylic acids is 1. The normalized spacial score (nSPS) is 11.6. The van der Waals surface area contributed by atoms with E-state index in [1.54, 1.807) is 17.4 Å². The molecule has 2 N–H and O–H groups in total. The van der Waals surface area contributed by atoms with Crippen molar-refractivity contribution in [1.29, 1.82) is 0 Å². The molecule has 0 saturated carbocycles. The van der Waals surface area contributed by atoms with Crippen molar-refractivity contribution in [3.63, 3.8) is 0 Å². The summed E-state index contributed by atoms with van der Waals surface area (Å²) in [4.78, 5) is 13.3. The summed E-state index contributed by atoms with van der Waals surface area (Å²) in [6, 6.07) is 17.2. The van der Waals surface area contributed by atoms with Crippen molar-refractivity contribution < 1.29 is 13.9 Å². The highest BCUT2D eigenvalue weighted by Crippen LogP contribution is 2.19. The van der Waals surface area contributed by atoms with Crippen LogP contribution in [0.25, 0.3) is 0 Å². The van der Waals surface area contributed by atoms with Crippen LogP contribution in [0, 0.1) is 5.82 Å². The fourth-order valence-corrected chi connectivity index (χ4v) is 3.17. The van der Waals surface area contributed by atoms with Crippen molar-refractivity contribution in [1.82, 2.24) is 5.32 Å². The van der Waals surface area contributed by atoms with Gasteiger partial charge in [-0.2, -0.15) is 0 Å². The van der Waals surface area contributed by atoms with Crippen molar-refractivity contribution >= 4 is 22.9 Å². The van der Waals surface area contributed by atoms with Crippen LogP contribution in [0.15, 0.2) is 66.0 Å². The molecular weight excluding hydrogens is 363 g/mol. The average Bonchev–Trinajstić information content (AvgIpc) is 3.18. The molecule has 0 radical (unpaired) electrons. The lowest BCUT2D eigenvalue weighted by atomic mass is 10.2. The van der Waals surface area contributed by atoms with Crippen molar-refractivity contribution in [2.75, 3.05) is 5.32 Å². The summed E-state index contributed by atoms with van der Waals surface area (Å²) in [5.41, 5.74) is 1.54. The molecule has 1 amide bonds. The second kappa shape index (κ2) is 9.19. The number of nitrogens with one attached hydrogen (secondary N) is 2. The minimum atomic E-state index is -0.386. The first-order chi connectivity index (χ1) is 13.1. The number of thiophene rings is 1. The zero-order valence-corrected chi connectivity index (χ0v) is 15.8. The summed E-state index contributed by atoms with van der Waals surface area (Å²) >= 11 is 1.61. The molecule has 2 aromatic carbocycles. The first kappa shape index (κ1) is 18.9. The van der Waals surface area contributed by atoms with Gasteiger partial charge in [-0.1, -0.05) is 24.3 Å². The SMILES string of the molecule is CC(Nc1cccc(OCc2cccc(F)c2)c1)C(=O)NCc1cccs1. The molecule has 27 heavy (non-hydrogen) atoms. The summed E-state index contributed by atoms with van der Waals surface area (Å²) < 4.78 is 18.9. The Labute approximate surface area is 162 Å². The van der Waals surface area contributed by atoms with E-state index in [1.165, 1.54) is 12.1 Å². The number of amides is 1. The van der Waals surface area contributed by atoms with Gasteiger partial charge in [0, 0.05) is 16.6 Å². The number of anilines is 1. The average molecular weight is 384 g/mol. The largest absolute Gasteiger partial charge is 0.489 e. The molecule has 0 bridgehead atoms. The van der Waals surface area contributed by atoms with E-state index in [4.69, 9.17) is 4.74 Å². The van der Waals surface area contributed by atoms with Crippen LogP contribution in [0.3, 0.4) is 0 Å². The van der Waals surface area contributed by atoms with Gasteiger partial charge in [0.2, 0.25) is 5.91 Å². The van der Waals surface area contributed by atoms with Crippen LogP contribution in [0.1, 0.15) is 17.4 Å². The highest BCUT2D eigenvalue weighted by molar-refractivity contribution is 7.09. The van der Waals surface area contributed by atoms with Crippen LogP contribution in [0.4, 0.5) is 10.1 Å². The summed E-state index contributed by atoms with van der Waals surface area (Å²) in [7, 11) is 0. The van der Waals surface area contributed by atoms with E-state index in [-0.39, 0.29) is 24.4 Å². The maximum absolute atomic E-state index is 13.2. The number of ether oxygens (including phenoxy) is 1. The molecule has 0 saturated heterocycles. The first-order valence-electron chi connectivity index (χ1n) is 8.64. The van der Waals surface area contributed by atoms with Gasteiger partial charge in [-0.15, -0.1) is 11.3 Å². The molecule has 1 heterocycles. The van der Waals surface area contributed by atoms with Gasteiger partial charge in [-0.05, 0) is 48.2 Å². The second-order valence-corrected chi connectivity index (χ2v) is 7.14. The molecule has 3 aromatic rings. The molecular formula is C21H21FN2O2S. The quantitative estimate of drug-likeness (QED) is 0.598. The van der Waals surface area contributed by atoms with E-state index in [0.29, 0.717) is 12.3 Å². The molecule has 4 nitrogen and oxygen atoms in total. The fraction of sp³-hybridized carbons (Fsp3) is 0.190. The lowest BCUT2D eigenvalue weighted by Crippen LogP contribution is -2.37. The third-order valence-electron chi connectivity index (χ3n) is 3.92. The monoisotopic (exact) mass is 384 g/mol. The summed E-state index contributed by atoms with van der Waals surface area (Å²) in [5.74, 6) is 0.291. The molecule has 1 atom stereocenters. The smallest absolute Gasteiger partial charge is 0.242 e. The zero-order valence-electron chi connectivity index (χ0n) is 14.9. The van der Waals surface area contributed by atoms with E-state index in [9.17, 15) is 9.18 Å². The Morgan fingerprint density at radius 1 is 1.15 bits per heavy atom. The van der Waals surface area contributed by atoms with E-state index in [2.05, 4.69) is 10.6 Å². The van der Waals surface area contributed by atoms with Crippen LogP contribution < -0.4 is 15.4 Å². The molecule has 1 aromatic heterocycles. The number of rotatable bonds is 8. The van der Waals surface area contributed by atoms with Gasteiger partial charge in [-0.25, -0.2) is 4.39 Å². The molecule has 0 aliphatic heterocycles. The van der Waals surface area contributed by atoms with Gasteiger partial charge in [0.25, 0.3) is 0 Å². The number of hydrogen-bond donors (Lipinski definition) is 2. The lowest BCUT2D eigenvalue weighted by molar-refractivity contribution is -0.121. The molecule has 1 unspecified atom stereocenters. The van der Waals surface area contributed by atoms with Gasteiger partial charge in [-0.3, -0.25) is 4.79 Å². The maximum atomic E-state index is 13.2. The van der Waals surface area contributed by atoms with Crippen LogP contribution in [-0.2, 0) is 17.9 Å². The van der Waals surface area contributed by atoms with Crippen LogP contribution in [0.2, 0.25) is 0 Å². The van der Waals surface area contributed by atoms with Crippen molar-refractivity contribution in [2.45, 2.75) is 26.1 Å². The van der Waals surface area contributed by atoms with Crippen molar-refractivity contribution in [3.05, 3.63) is 82.3 Å². The first-order valence-corrected chi connectivity index (χ1v) is 9.52. The third kappa shape index (κ3) is 5.82. The van der Waals surface area contributed by atoms with Crippen molar-refractivity contribution in [2.24, 2.45) is 0 Å². The molecule has 3 rings (SSSR count). The van der Waals surface area contributed by atoms with E-state index >= 15 is 0 Å². The second-order valence-electron chi connectivity index (χ2n) is 6.11. The molecule has 0 fully saturated rings. The summed E-state index contributed by atoms with van der Waals surface area (Å²) in [6.45, 7) is 2.61. The Morgan fingerprint density at radius 2 is 2.00 bits per heavy atom. The Balaban J connectivity index is 1.52. The number of benzene rings is 2. The standard InChI is InChI=1S/C21H21FN2O2S/c1-15(21(25)23-13-20-9-4-10-27-20)24-18-7-3-8-19(12-18)26-14-16-5-2-6-17(22)11-16/h2-12,15,24H,13-14H2,1H3,(H,23,25). The highest BCUT2D eigenvalue weighted by Gasteiger charge is 2.12. The Bertz CT molecular complexity index is 883. The van der Waals surface area contributed by atoms with Crippen LogP contribution in [0.5, 0.6) is 5.75 Å². The van der Waals surface area contributed by atoms with Crippen LogP contribution >= 0.6 is 11.3 Å². The fourth-order valence-electron chi connectivity index (χ4n) is 2.53. The van der Waals surface area contributed by atoms with E-state index in [1.807, 2.05) is 54.8 Å². The molecule has 0 aliphatic rings. The summed E-state index contributed by atoms with van der Waals surface area (Å²) in [5, 5.41) is 8.07. The minimum Gasteiger partial charge on any atom is -0.489 e. The number of carbonyl (C=O) groups is 1. The Morgan fingerprint density at radius 3 is 2.78 bits per heavy atom. The topological polar surface area (TPSA) is 50.4 Å². The van der Waals surface area contributed by atoms with Gasteiger partial charge in [0.05, 0.1) is 6.54 Å². The van der Waals surface area contributed by atoms with Gasteiger partial charge >= 0.3 is 0 Å². The lowest BCUT2D eigenvalue weighted by Gasteiger charge is -2.16. The molecule has 0 spiro atoms. The Kier molecular flexibility index (Phi) is 6.44. The van der Waals surface area contributed by atoms with Crippen LogP contribution in [-0.4, -0.2) is 11.9 Å². The molecule has 6 heteroatoms. The number of halogens is 1. The number of hydrogen-bond acceptors (Lipinski definition) is 4. The molecule has 0 aliphatic carbocycles. The molecule has 140 valence electrons. The minimum absolute atomic E-state index is 0.0746. The predicted octanol–water partition coefficient (Wildman–Crippen LogP) is 4.58. The van der Waals surface area contributed by atoms with Gasteiger partial charge in [0.1, 0.15) is 24.2 Å². The highest BCUT2D eigenvalue weighted by atomic mass is 32.1. The Hall–Kier alpha value is -2.86. The summed E-state index contributed by atoms with van der Waals surface area (Å²) in [6.07, 6.45) is 0. The maximum Gasteiger partial charge on any atom is 0.242 e. The van der Waals surface area contributed by atoms with Gasteiger partial charge in [0.15, 0.2) is 0 Å². The predicted molar refractivity (Wildman–Crippen MR) is 106 cm³/mol. The van der Waals surface area contributed by atoms with Crippen molar-refractivity contribution in [3.8, 4) is 5.75 Å². The third-order valence-corrected chi connectivity index (χ3v) is 4.80. The zero-order chi connectivity index (χ0) is 19.1. The van der Waals surface area contributed by atoms with E-state index < -0.39 is 0 Å². The van der Waals surface area contributed by atoms with E-state index in [0.717, 1.165) is 16.1 Å². The van der Waals surface area contributed by atoms with Gasteiger partial charge < -0.3 is 15.4 Å².